The number of benzene rings is 7. The molecule has 0 saturated heterocycles. The molecule has 0 amide bonds. The van der Waals surface area contributed by atoms with Crippen LogP contribution in [0.1, 0.15) is 84.1 Å². The second-order valence-electron chi connectivity index (χ2n) is 16.5. The Hall–Kier alpha value is -6.95. The first kappa shape index (κ1) is 44.3. The summed E-state index contributed by atoms with van der Waals surface area (Å²) in [7, 11) is 1.54. The maximum absolute atomic E-state index is 14.7. The van der Waals surface area contributed by atoms with Crippen LogP contribution in [0, 0.1) is 5.92 Å². The summed E-state index contributed by atoms with van der Waals surface area (Å²) in [5.41, 5.74) is 8.76. The van der Waals surface area contributed by atoms with Gasteiger partial charge in [-0.2, -0.15) is 0 Å². The zero-order valence-electron chi connectivity index (χ0n) is 36.9. The van der Waals surface area contributed by atoms with E-state index in [-0.39, 0.29) is 5.78 Å². The van der Waals surface area contributed by atoms with Crippen molar-refractivity contribution in [2.45, 2.75) is 72.1 Å². The number of oxime groups is 3. The number of carbonyl (C=O) groups excluding carboxylic acids is 2. The van der Waals surface area contributed by atoms with Gasteiger partial charge in [-0.05, 0) is 128 Å². The Labute approximate surface area is 392 Å². The molecule has 0 spiro atoms. The van der Waals surface area contributed by atoms with Crippen molar-refractivity contribution >= 4 is 85.5 Å². The van der Waals surface area contributed by atoms with Gasteiger partial charge in [-0.3, -0.25) is 9.59 Å². The van der Waals surface area contributed by atoms with Crippen LogP contribution < -0.4 is 0 Å². The van der Waals surface area contributed by atoms with Gasteiger partial charge in [-0.1, -0.05) is 125 Å². The second-order valence-corrected chi connectivity index (χ2v) is 18.8. The molecular formula is C55H48N4O5S2. The minimum Gasteiger partial charge on any atom is -0.410 e. The van der Waals surface area contributed by atoms with E-state index in [2.05, 4.69) is 73.4 Å². The summed E-state index contributed by atoms with van der Waals surface area (Å²) in [5, 5.41) is 26.2. The van der Waals surface area contributed by atoms with Crippen LogP contribution in [0.2, 0.25) is 0 Å². The number of rotatable bonds is 15. The fraction of sp³-hybridized carbons (Fsp3) is 0.182. The molecule has 1 saturated carbocycles. The van der Waals surface area contributed by atoms with Crippen molar-refractivity contribution < 1.29 is 24.5 Å². The van der Waals surface area contributed by atoms with Gasteiger partial charge in [0.05, 0.1) is 16.9 Å². The van der Waals surface area contributed by atoms with Crippen molar-refractivity contribution in [1.82, 2.24) is 4.57 Å². The fourth-order valence-electron chi connectivity index (χ4n) is 9.05. The highest BCUT2D eigenvalue weighted by atomic mass is 32.2. The summed E-state index contributed by atoms with van der Waals surface area (Å²) < 4.78 is 2.48. The van der Waals surface area contributed by atoms with E-state index in [1.54, 1.807) is 37.6 Å². The third kappa shape index (κ3) is 9.40. The number of fused-ring (bicyclic) bond motifs is 5. The largest absolute Gasteiger partial charge is 0.410 e. The standard InChI is InChI=1S/C55H48N4O5S2/c1-35(57-63-3)38-13-22-43(23-14-38)66-46-28-19-41(20-29-46)55(61)51-32-50-49-31-42(21-30-52(49)59(33-37-9-5-4-6-10-37)54(50)48-12-8-7-11-47(48)51)53(56-62)40-17-26-45(27-18-40)65-44-24-15-39(16-25-44)36(2)58-64-34-60/h7-8,11-32,34,37,62H,4-6,9-10,33H2,1-3H3/b56-53+,57-35+,58-36+. The van der Waals surface area contributed by atoms with Gasteiger partial charge < -0.3 is 19.4 Å². The topological polar surface area (TPSA) is 115 Å². The molecule has 1 aliphatic carbocycles. The van der Waals surface area contributed by atoms with Crippen LogP contribution in [-0.4, -0.2) is 46.3 Å². The van der Waals surface area contributed by atoms with Crippen molar-refractivity contribution in [3.05, 3.63) is 179 Å². The Balaban J connectivity index is 1.05. The monoisotopic (exact) mass is 908 g/mol. The van der Waals surface area contributed by atoms with Gasteiger partial charge >= 0.3 is 6.47 Å². The van der Waals surface area contributed by atoms with Gasteiger partial charge in [0.1, 0.15) is 12.8 Å². The quantitative estimate of drug-likeness (QED) is 0.0272. The van der Waals surface area contributed by atoms with E-state index in [0.29, 0.717) is 34.9 Å². The van der Waals surface area contributed by atoms with Gasteiger partial charge in [0, 0.05) is 70.1 Å². The molecule has 0 radical (unpaired) electrons. The molecule has 0 atom stereocenters. The molecule has 9 nitrogen and oxygen atoms in total. The first-order chi connectivity index (χ1) is 32.3. The van der Waals surface area contributed by atoms with Crippen LogP contribution in [-0.2, 0) is 21.0 Å². The second kappa shape index (κ2) is 20.1. The maximum atomic E-state index is 14.7. The zero-order chi connectivity index (χ0) is 45.6. The highest BCUT2D eigenvalue weighted by Crippen LogP contribution is 2.40. The minimum atomic E-state index is -0.0362. The lowest BCUT2D eigenvalue weighted by Gasteiger charge is -2.23. The fourth-order valence-corrected chi connectivity index (χ4v) is 10.7. The Bertz CT molecular complexity index is 3150. The number of aromatic nitrogens is 1. The smallest absolute Gasteiger partial charge is 0.323 e. The molecule has 7 aromatic carbocycles. The normalized spacial score (nSPS) is 14.0. The molecular weight excluding hydrogens is 861 g/mol. The zero-order valence-corrected chi connectivity index (χ0v) is 38.6. The number of nitrogens with zero attached hydrogens (tertiary/aromatic N) is 4. The maximum Gasteiger partial charge on any atom is 0.323 e. The highest BCUT2D eigenvalue weighted by Gasteiger charge is 2.24. The van der Waals surface area contributed by atoms with Crippen LogP contribution >= 0.6 is 23.5 Å². The van der Waals surface area contributed by atoms with Crippen molar-refractivity contribution in [3.8, 4) is 0 Å². The Morgan fingerprint density at radius 3 is 1.73 bits per heavy atom. The van der Waals surface area contributed by atoms with E-state index in [0.717, 1.165) is 86.7 Å². The van der Waals surface area contributed by atoms with Gasteiger partial charge in [0.2, 0.25) is 0 Å². The first-order valence-electron chi connectivity index (χ1n) is 22.1. The number of carbonyl (C=O) groups is 2. The predicted molar refractivity (Wildman–Crippen MR) is 267 cm³/mol. The molecule has 1 N–H and O–H groups in total. The molecule has 1 heterocycles. The highest BCUT2D eigenvalue weighted by molar-refractivity contribution is 7.99. The molecule has 0 aliphatic heterocycles. The summed E-state index contributed by atoms with van der Waals surface area (Å²) in [6.07, 6.45) is 6.16. The molecule has 1 fully saturated rings. The Morgan fingerprint density at radius 2 is 1.17 bits per heavy atom. The molecule has 0 unspecified atom stereocenters. The van der Waals surface area contributed by atoms with Crippen LogP contribution in [0.15, 0.2) is 181 Å². The lowest BCUT2D eigenvalue weighted by Crippen LogP contribution is -2.14. The van der Waals surface area contributed by atoms with Crippen LogP contribution in [0.25, 0.3) is 32.6 Å². The first-order valence-corrected chi connectivity index (χ1v) is 23.7. The molecule has 1 aromatic heterocycles. The molecule has 0 bridgehead atoms. The van der Waals surface area contributed by atoms with Crippen molar-refractivity contribution in [2.24, 2.45) is 21.4 Å². The summed E-state index contributed by atoms with van der Waals surface area (Å²) in [4.78, 5) is 38.9. The van der Waals surface area contributed by atoms with E-state index in [1.165, 1.54) is 32.1 Å². The average molecular weight is 909 g/mol. The summed E-state index contributed by atoms with van der Waals surface area (Å²) in [6.45, 7) is 4.89. The van der Waals surface area contributed by atoms with E-state index in [1.807, 2.05) is 104 Å². The van der Waals surface area contributed by atoms with E-state index in [4.69, 9.17) is 4.84 Å². The molecule has 9 rings (SSSR count). The SMILES string of the molecule is CO/N=C(\C)c1ccc(Sc2ccc(C(=O)c3cc4c5cc(/C(=N/O)c6ccc(Sc7ccc(/C(C)=N/OC=O)cc7)cc6)ccc5n(CC5CCCCC5)c4c4ccccc34)cc2)cc1. The molecule has 8 aromatic rings. The van der Waals surface area contributed by atoms with Crippen LogP contribution in [0.3, 0.4) is 0 Å². The molecule has 1 aliphatic rings. The predicted octanol–water partition coefficient (Wildman–Crippen LogP) is 13.6. The van der Waals surface area contributed by atoms with Crippen molar-refractivity contribution in [3.63, 3.8) is 0 Å². The molecule has 66 heavy (non-hydrogen) atoms. The number of ketones is 1. The van der Waals surface area contributed by atoms with E-state index >= 15 is 0 Å². The lowest BCUT2D eigenvalue weighted by molar-refractivity contribution is -0.128. The van der Waals surface area contributed by atoms with Crippen molar-refractivity contribution in [2.75, 3.05) is 7.11 Å². The number of hydrogen-bond donors (Lipinski definition) is 1. The molecule has 11 heteroatoms. The molecule has 330 valence electrons. The van der Waals surface area contributed by atoms with Crippen molar-refractivity contribution in [1.29, 1.82) is 0 Å². The Kier molecular flexibility index (Phi) is 13.5. The van der Waals surface area contributed by atoms with E-state index in [9.17, 15) is 14.8 Å². The van der Waals surface area contributed by atoms with Crippen LogP contribution in [0.5, 0.6) is 0 Å². The van der Waals surface area contributed by atoms with Gasteiger partial charge in [0.15, 0.2) is 5.78 Å². The lowest BCUT2D eigenvalue weighted by atomic mass is 9.89. The van der Waals surface area contributed by atoms with Gasteiger partial charge in [0.25, 0.3) is 0 Å². The Morgan fingerprint density at radius 1 is 0.636 bits per heavy atom. The van der Waals surface area contributed by atoms with Gasteiger partial charge in [-0.25, -0.2) is 0 Å². The third-order valence-corrected chi connectivity index (χ3v) is 14.4. The third-order valence-electron chi connectivity index (χ3n) is 12.4. The van der Waals surface area contributed by atoms with E-state index < -0.39 is 0 Å². The van der Waals surface area contributed by atoms with Gasteiger partial charge in [-0.15, -0.1) is 0 Å². The minimum absolute atomic E-state index is 0.0362. The number of hydrogen-bond acceptors (Lipinski definition) is 10. The summed E-state index contributed by atoms with van der Waals surface area (Å²) in [6, 6.07) is 48.6. The van der Waals surface area contributed by atoms with Crippen LogP contribution in [0.4, 0.5) is 0 Å². The average Bonchev–Trinajstić information content (AvgIpc) is 3.66. The summed E-state index contributed by atoms with van der Waals surface area (Å²) in [5.74, 6) is 0.524. The summed E-state index contributed by atoms with van der Waals surface area (Å²) >= 11 is 3.25.